The molecule has 0 unspecified atom stereocenters. The molecular weight excluding hydrogens is 324 g/mol. The normalized spacial score (nSPS) is 10.3. The fraction of sp³-hybridized carbons (Fsp3) is 0.167. The van der Waals surface area contributed by atoms with E-state index in [1.165, 1.54) is 11.3 Å². The summed E-state index contributed by atoms with van der Waals surface area (Å²) in [5.41, 5.74) is 2.80. The van der Waals surface area contributed by atoms with Gasteiger partial charge in [0.05, 0.1) is 32.7 Å². The molecule has 0 saturated heterocycles. The van der Waals surface area contributed by atoms with Crippen molar-refractivity contribution < 1.29 is 14.2 Å². The predicted octanol–water partition coefficient (Wildman–Crippen LogP) is 4.58. The number of nitrogens with zero attached hydrogens (tertiary/aromatic N) is 1. The summed E-state index contributed by atoms with van der Waals surface area (Å²) in [6.45, 7) is 0. The lowest BCUT2D eigenvalue weighted by molar-refractivity contribution is 0.395. The van der Waals surface area contributed by atoms with Crippen LogP contribution >= 0.6 is 11.3 Å². The zero-order valence-corrected chi connectivity index (χ0v) is 14.5. The number of methoxy groups -OCH3 is 3. The third kappa shape index (κ3) is 3.44. The zero-order chi connectivity index (χ0) is 16.9. The summed E-state index contributed by atoms with van der Waals surface area (Å²) >= 11 is 1.54. The van der Waals surface area contributed by atoms with E-state index in [0.717, 1.165) is 33.6 Å². The summed E-state index contributed by atoms with van der Waals surface area (Å²) in [6, 6.07) is 13.5. The van der Waals surface area contributed by atoms with Crippen LogP contribution in [0, 0.1) is 0 Å². The molecule has 3 rings (SSSR count). The van der Waals surface area contributed by atoms with Gasteiger partial charge in [0.25, 0.3) is 0 Å². The van der Waals surface area contributed by atoms with Crippen LogP contribution in [0.25, 0.3) is 11.3 Å². The van der Waals surface area contributed by atoms with Crippen LogP contribution in [0.2, 0.25) is 0 Å². The van der Waals surface area contributed by atoms with Gasteiger partial charge in [0, 0.05) is 17.0 Å². The Morgan fingerprint density at radius 3 is 2.25 bits per heavy atom. The lowest BCUT2D eigenvalue weighted by atomic mass is 10.2. The van der Waals surface area contributed by atoms with Crippen LogP contribution in [0.5, 0.6) is 17.2 Å². The number of ether oxygens (including phenoxy) is 3. The number of benzene rings is 2. The van der Waals surface area contributed by atoms with E-state index in [0.29, 0.717) is 5.75 Å². The summed E-state index contributed by atoms with van der Waals surface area (Å²) in [7, 11) is 4.91. The Balaban J connectivity index is 1.81. The van der Waals surface area contributed by atoms with Crippen LogP contribution in [0.1, 0.15) is 0 Å². The molecule has 1 N–H and O–H groups in total. The van der Waals surface area contributed by atoms with E-state index in [-0.39, 0.29) is 0 Å². The van der Waals surface area contributed by atoms with Crippen molar-refractivity contribution >= 4 is 22.2 Å². The van der Waals surface area contributed by atoms with Crippen LogP contribution in [0.15, 0.2) is 47.8 Å². The van der Waals surface area contributed by atoms with Gasteiger partial charge in [0.15, 0.2) is 5.13 Å². The average molecular weight is 342 g/mol. The summed E-state index contributed by atoms with van der Waals surface area (Å²) in [5, 5.41) is 6.10. The highest BCUT2D eigenvalue weighted by atomic mass is 32.1. The molecule has 5 nitrogen and oxygen atoms in total. The summed E-state index contributed by atoms with van der Waals surface area (Å²) < 4.78 is 15.8. The molecule has 3 aromatic rings. The standard InChI is InChI=1S/C18H18N2O3S/c1-21-13-6-4-12(5-7-13)16-11-24-18(20-16)19-15-9-8-14(22-2)10-17(15)23-3/h4-11H,1-3H3,(H,19,20). The molecule has 0 saturated carbocycles. The summed E-state index contributed by atoms with van der Waals surface area (Å²) in [6.07, 6.45) is 0. The maximum atomic E-state index is 5.40. The van der Waals surface area contributed by atoms with Gasteiger partial charge in [0.2, 0.25) is 0 Å². The molecule has 1 aromatic heterocycles. The lowest BCUT2D eigenvalue weighted by Crippen LogP contribution is -1.95. The first-order valence-electron chi connectivity index (χ1n) is 7.32. The molecule has 1 heterocycles. The highest BCUT2D eigenvalue weighted by molar-refractivity contribution is 7.14. The van der Waals surface area contributed by atoms with Gasteiger partial charge in [-0.2, -0.15) is 0 Å². The van der Waals surface area contributed by atoms with Gasteiger partial charge < -0.3 is 19.5 Å². The van der Waals surface area contributed by atoms with Gasteiger partial charge in [0.1, 0.15) is 17.2 Å². The number of hydrogen-bond donors (Lipinski definition) is 1. The first-order valence-corrected chi connectivity index (χ1v) is 8.20. The van der Waals surface area contributed by atoms with Crippen molar-refractivity contribution in [2.75, 3.05) is 26.6 Å². The highest BCUT2D eigenvalue weighted by Crippen LogP contribution is 2.34. The van der Waals surface area contributed by atoms with Gasteiger partial charge in [-0.3, -0.25) is 0 Å². The quantitative estimate of drug-likeness (QED) is 0.710. The van der Waals surface area contributed by atoms with E-state index in [9.17, 15) is 0 Å². The highest BCUT2D eigenvalue weighted by Gasteiger charge is 2.09. The second-order valence-corrected chi connectivity index (χ2v) is 5.82. The number of aromatic nitrogens is 1. The molecule has 0 aliphatic heterocycles. The van der Waals surface area contributed by atoms with Gasteiger partial charge >= 0.3 is 0 Å². The Morgan fingerprint density at radius 2 is 1.58 bits per heavy atom. The second kappa shape index (κ2) is 7.23. The number of nitrogens with one attached hydrogen (secondary N) is 1. The summed E-state index contributed by atoms with van der Waals surface area (Å²) in [5.74, 6) is 2.28. The van der Waals surface area contributed by atoms with Gasteiger partial charge in [-0.25, -0.2) is 4.98 Å². The van der Waals surface area contributed by atoms with Gasteiger partial charge in [-0.1, -0.05) is 0 Å². The van der Waals surface area contributed by atoms with Crippen LogP contribution in [-0.4, -0.2) is 26.3 Å². The topological polar surface area (TPSA) is 52.6 Å². The second-order valence-electron chi connectivity index (χ2n) is 4.96. The third-order valence-electron chi connectivity index (χ3n) is 3.54. The number of hydrogen-bond acceptors (Lipinski definition) is 6. The van der Waals surface area contributed by atoms with E-state index in [1.807, 2.05) is 47.8 Å². The minimum absolute atomic E-state index is 0.704. The van der Waals surface area contributed by atoms with Crippen molar-refractivity contribution in [2.45, 2.75) is 0 Å². The van der Waals surface area contributed by atoms with E-state index in [2.05, 4.69) is 10.3 Å². The molecule has 0 amide bonds. The van der Waals surface area contributed by atoms with E-state index >= 15 is 0 Å². The van der Waals surface area contributed by atoms with Crippen LogP contribution in [0.4, 0.5) is 10.8 Å². The fourth-order valence-corrected chi connectivity index (χ4v) is 2.97. The van der Waals surface area contributed by atoms with Crippen LogP contribution in [0.3, 0.4) is 0 Å². The Morgan fingerprint density at radius 1 is 0.875 bits per heavy atom. The first kappa shape index (κ1) is 16.1. The van der Waals surface area contributed by atoms with E-state index < -0.39 is 0 Å². The molecular formula is C18H18N2O3S. The molecule has 0 aliphatic rings. The van der Waals surface area contributed by atoms with E-state index in [4.69, 9.17) is 14.2 Å². The molecule has 2 aromatic carbocycles. The lowest BCUT2D eigenvalue weighted by Gasteiger charge is -2.10. The van der Waals surface area contributed by atoms with Gasteiger partial charge in [-0.05, 0) is 36.4 Å². The monoisotopic (exact) mass is 342 g/mol. The predicted molar refractivity (Wildman–Crippen MR) is 96.9 cm³/mol. The minimum atomic E-state index is 0.704. The molecule has 124 valence electrons. The van der Waals surface area contributed by atoms with Crippen molar-refractivity contribution in [1.29, 1.82) is 0 Å². The molecule has 6 heteroatoms. The van der Waals surface area contributed by atoms with Gasteiger partial charge in [-0.15, -0.1) is 11.3 Å². The van der Waals surface area contributed by atoms with Crippen molar-refractivity contribution in [2.24, 2.45) is 0 Å². The molecule has 0 aliphatic carbocycles. The van der Waals surface area contributed by atoms with Crippen molar-refractivity contribution in [3.63, 3.8) is 0 Å². The fourth-order valence-electron chi connectivity index (χ4n) is 2.24. The molecule has 24 heavy (non-hydrogen) atoms. The van der Waals surface area contributed by atoms with E-state index in [1.54, 1.807) is 21.3 Å². The largest absolute Gasteiger partial charge is 0.497 e. The maximum absolute atomic E-state index is 5.40. The number of rotatable bonds is 6. The first-order chi connectivity index (χ1) is 11.7. The molecule has 0 radical (unpaired) electrons. The Hall–Kier alpha value is -2.73. The number of thiazole rings is 1. The number of anilines is 2. The minimum Gasteiger partial charge on any atom is -0.497 e. The smallest absolute Gasteiger partial charge is 0.187 e. The average Bonchev–Trinajstić information content (AvgIpc) is 3.10. The molecule has 0 spiro atoms. The van der Waals surface area contributed by atoms with Crippen molar-refractivity contribution in [1.82, 2.24) is 4.98 Å². The van der Waals surface area contributed by atoms with Crippen LogP contribution in [-0.2, 0) is 0 Å². The molecule has 0 atom stereocenters. The van der Waals surface area contributed by atoms with Crippen molar-refractivity contribution in [3.05, 3.63) is 47.8 Å². The molecule has 0 fully saturated rings. The van der Waals surface area contributed by atoms with Crippen molar-refractivity contribution in [3.8, 4) is 28.5 Å². The Kier molecular flexibility index (Phi) is 4.86. The molecule has 0 bridgehead atoms. The van der Waals surface area contributed by atoms with Crippen LogP contribution < -0.4 is 19.5 Å². The maximum Gasteiger partial charge on any atom is 0.187 e. The Labute approximate surface area is 144 Å². The zero-order valence-electron chi connectivity index (χ0n) is 13.7. The summed E-state index contributed by atoms with van der Waals surface area (Å²) in [4.78, 5) is 4.63. The Bertz CT molecular complexity index is 815. The third-order valence-corrected chi connectivity index (χ3v) is 4.30. The SMILES string of the molecule is COc1ccc(-c2csc(Nc3ccc(OC)cc3OC)n2)cc1.